The summed E-state index contributed by atoms with van der Waals surface area (Å²) in [5, 5.41) is 1.94. The summed E-state index contributed by atoms with van der Waals surface area (Å²) in [6.45, 7) is 0. The molecule has 14 heavy (non-hydrogen) atoms. The van der Waals surface area contributed by atoms with Crippen molar-refractivity contribution < 1.29 is 23.2 Å². The molecule has 1 unspecified atom stereocenters. The summed E-state index contributed by atoms with van der Waals surface area (Å²) in [5.41, 5.74) is -1.61. The summed E-state index contributed by atoms with van der Waals surface area (Å²) in [5.74, 6) is -7.28. The van der Waals surface area contributed by atoms with Crippen LogP contribution in [0.3, 0.4) is 0 Å². The van der Waals surface area contributed by atoms with Crippen molar-refractivity contribution in [1.82, 2.24) is 5.32 Å². The first-order chi connectivity index (χ1) is 6.38. The first-order valence-electron chi connectivity index (χ1n) is 4.15. The van der Waals surface area contributed by atoms with E-state index in [-0.39, 0.29) is 25.0 Å². The molecule has 1 heterocycles. The number of carbonyl (C=O) groups excluding carboxylic acids is 3. The monoisotopic (exact) mass is 203 g/mol. The molecule has 1 spiro atoms. The SMILES string of the molecule is O=C1CCC2(C1)NC(=O)C(F)(F)C2=O. The van der Waals surface area contributed by atoms with Gasteiger partial charge in [0.15, 0.2) is 0 Å². The molecule has 4 nitrogen and oxygen atoms in total. The van der Waals surface area contributed by atoms with Crippen LogP contribution in [0, 0.1) is 0 Å². The largest absolute Gasteiger partial charge is 0.383 e. The summed E-state index contributed by atoms with van der Waals surface area (Å²) in [4.78, 5) is 32.9. The number of nitrogens with one attached hydrogen (secondary N) is 1. The maximum absolute atomic E-state index is 12.9. The highest BCUT2D eigenvalue weighted by Crippen LogP contribution is 2.38. The van der Waals surface area contributed by atoms with Crippen molar-refractivity contribution in [2.45, 2.75) is 30.7 Å². The van der Waals surface area contributed by atoms with Gasteiger partial charge in [0.05, 0.1) is 0 Å². The molecule has 1 atom stereocenters. The average Bonchev–Trinajstić information content (AvgIpc) is 2.52. The van der Waals surface area contributed by atoms with E-state index in [1.807, 2.05) is 5.32 Å². The Bertz CT molecular complexity index is 352. The van der Waals surface area contributed by atoms with Crippen LogP contribution in [-0.4, -0.2) is 28.9 Å². The Morgan fingerprint density at radius 3 is 2.21 bits per heavy atom. The molecule has 2 fully saturated rings. The number of hydrogen-bond acceptors (Lipinski definition) is 3. The van der Waals surface area contributed by atoms with Crippen molar-refractivity contribution in [2.24, 2.45) is 0 Å². The quantitative estimate of drug-likeness (QED) is 0.555. The third-order valence-electron chi connectivity index (χ3n) is 2.69. The number of amides is 1. The Morgan fingerprint density at radius 1 is 1.21 bits per heavy atom. The van der Waals surface area contributed by atoms with Crippen LogP contribution < -0.4 is 5.32 Å². The fraction of sp³-hybridized carbons (Fsp3) is 0.625. The molecule has 1 saturated carbocycles. The van der Waals surface area contributed by atoms with Crippen LogP contribution in [0.15, 0.2) is 0 Å². The van der Waals surface area contributed by atoms with Gasteiger partial charge >= 0.3 is 5.92 Å². The van der Waals surface area contributed by atoms with E-state index < -0.39 is 23.2 Å². The molecule has 1 N–H and O–H groups in total. The van der Waals surface area contributed by atoms with E-state index in [1.54, 1.807) is 0 Å². The molecular formula is C8H7F2NO3. The summed E-state index contributed by atoms with van der Waals surface area (Å²) in [6.07, 6.45) is -0.235. The van der Waals surface area contributed by atoms with Crippen LogP contribution in [0.4, 0.5) is 8.78 Å². The van der Waals surface area contributed by atoms with E-state index in [1.165, 1.54) is 0 Å². The van der Waals surface area contributed by atoms with E-state index in [0.717, 1.165) is 0 Å². The van der Waals surface area contributed by atoms with Gasteiger partial charge in [0.2, 0.25) is 5.78 Å². The van der Waals surface area contributed by atoms with Crippen LogP contribution in [-0.2, 0) is 14.4 Å². The second-order valence-electron chi connectivity index (χ2n) is 3.66. The van der Waals surface area contributed by atoms with Gasteiger partial charge in [0.1, 0.15) is 11.3 Å². The number of halogens is 2. The molecule has 0 bridgehead atoms. The Kier molecular flexibility index (Phi) is 1.56. The summed E-state index contributed by atoms with van der Waals surface area (Å²) < 4.78 is 25.8. The molecule has 0 aromatic rings. The van der Waals surface area contributed by atoms with Crippen LogP contribution in [0.5, 0.6) is 0 Å². The van der Waals surface area contributed by atoms with Crippen LogP contribution in [0.25, 0.3) is 0 Å². The van der Waals surface area contributed by atoms with Gasteiger partial charge in [-0.15, -0.1) is 0 Å². The van der Waals surface area contributed by atoms with Crippen molar-refractivity contribution in [3.63, 3.8) is 0 Å². The molecule has 2 rings (SSSR count). The molecule has 1 saturated heterocycles. The lowest BCUT2D eigenvalue weighted by Crippen LogP contribution is -2.44. The number of carbonyl (C=O) groups is 3. The maximum Gasteiger partial charge on any atom is 0.383 e. The Labute approximate surface area is 77.6 Å². The second-order valence-corrected chi connectivity index (χ2v) is 3.66. The van der Waals surface area contributed by atoms with Gasteiger partial charge in [-0.05, 0) is 6.42 Å². The van der Waals surface area contributed by atoms with E-state index in [2.05, 4.69) is 0 Å². The van der Waals surface area contributed by atoms with Crippen molar-refractivity contribution in [3.05, 3.63) is 0 Å². The highest BCUT2D eigenvalue weighted by molar-refractivity contribution is 6.20. The molecule has 0 radical (unpaired) electrons. The molecule has 76 valence electrons. The molecular weight excluding hydrogens is 196 g/mol. The van der Waals surface area contributed by atoms with Crippen LogP contribution in [0.1, 0.15) is 19.3 Å². The lowest BCUT2D eigenvalue weighted by atomic mass is 9.93. The molecule has 0 aromatic carbocycles. The lowest BCUT2D eigenvalue weighted by Gasteiger charge is -2.18. The highest BCUT2D eigenvalue weighted by atomic mass is 19.3. The third-order valence-corrected chi connectivity index (χ3v) is 2.69. The predicted octanol–water partition coefficient (Wildman–Crippen LogP) is -0.188. The zero-order chi connectivity index (χ0) is 10.6. The number of rotatable bonds is 0. The Hall–Kier alpha value is -1.33. The minimum absolute atomic E-state index is 0.00794. The topological polar surface area (TPSA) is 63.2 Å². The summed E-state index contributed by atoms with van der Waals surface area (Å²) in [6, 6.07) is 0. The minimum Gasteiger partial charge on any atom is -0.337 e. The van der Waals surface area contributed by atoms with Gasteiger partial charge in [-0.3, -0.25) is 14.4 Å². The van der Waals surface area contributed by atoms with Gasteiger partial charge in [-0.1, -0.05) is 0 Å². The first kappa shape index (κ1) is 9.23. The van der Waals surface area contributed by atoms with Gasteiger partial charge in [0, 0.05) is 12.8 Å². The smallest absolute Gasteiger partial charge is 0.337 e. The van der Waals surface area contributed by atoms with Crippen molar-refractivity contribution in [2.75, 3.05) is 0 Å². The van der Waals surface area contributed by atoms with E-state index in [0.29, 0.717) is 0 Å². The van der Waals surface area contributed by atoms with E-state index in [9.17, 15) is 23.2 Å². The Balaban J connectivity index is 2.38. The van der Waals surface area contributed by atoms with Crippen molar-refractivity contribution >= 4 is 17.5 Å². The number of ketones is 2. The van der Waals surface area contributed by atoms with Crippen LogP contribution >= 0.6 is 0 Å². The van der Waals surface area contributed by atoms with Gasteiger partial charge < -0.3 is 5.32 Å². The molecule has 1 amide bonds. The van der Waals surface area contributed by atoms with E-state index >= 15 is 0 Å². The average molecular weight is 203 g/mol. The normalized spacial score (nSPS) is 35.4. The predicted molar refractivity (Wildman–Crippen MR) is 39.7 cm³/mol. The Morgan fingerprint density at radius 2 is 1.86 bits per heavy atom. The zero-order valence-electron chi connectivity index (χ0n) is 7.10. The fourth-order valence-electron chi connectivity index (χ4n) is 1.92. The number of Topliss-reactive ketones (excluding diaryl/α,β-unsaturated/α-hetero) is 2. The first-order valence-corrected chi connectivity index (χ1v) is 4.15. The molecule has 6 heteroatoms. The van der Waals surface area contributed by atoms with E-state index in [4.69, 9.17) is 0 Å². The highest BCUT2D eigenvalue weighted by Gasteiger charge is 2.66. The number of alkyl halides is 2. The van der Waals surface area contributed by atoms with Gasteiger partial charge in [0.25, 0.3) is 5.91 Å². The number of hydrogen-bond donors (Lipinski definition) is 1. The maximum atomic E-state index is 12.9. The fourth-order valence-corrected chi connectivity index (χ4v) is 1.92. The molecule has 1 aliphatic heterocycles. The van der Waals surface area contributed by atoms with Crippen LogP contribution in [0.2, 0.25) is 0 Å². The van der Waals surface area contributed by atoms with Gasteiger partial charge in [-0.2, -0.15) is 8.78 Å². The summed E-state index contributed by atoms with van der Waals surface area (Å²) >= 11 is 0. The molecule has 1 aliphatic carbocycles. The molecule has 0 aromatic heterocycles. The minimum atomic E-state index is -3.97. The van der Waals surface area contributed by atoms with Gasteiger partial charge in [-0.25, -0.2) is 0 Å². The lowest BCUT2D eigenvalue weighted by molar-refractivity contribution is -0.151. The summed E-state index contributed by atoms with van der Waals surface area (Å²) in [7, 11) is 0. The second kappa shape index (κ2) is 2.37. The molecule has 2 aliphatic rings. The zero-order valence-corrected chi connectivity index (χ0v) is 7.10. The van der Waals surface area contributed by atoms with Crippen molar-refractivity contribution in [3.8, 4) is 0 Å². The van der Waals surface area contributed by atoms with Crippen molar-refractivity contribution in [1.29, 1.82) is 0 Å². The third kappa shape index (κ3) is 0.935. The standard InChI is InChI=1S/C8H7F2NO3/c9-8(10)5(13)7(11-6(8)14)2-1-4(12)3-7/h1-3H2,(H,11,14).